The summed E-state index contributed by atoms with van der Waals surface area (Å²) in [5.74, 6) is -0.724. The Labute approximate surface area is 182 Å². The van der Waals surface area contributed by atoms with Gasteiger partial charge < -0.3 is 15.1 Å². The third-order valence-corrected chi connectivity index (χ3v) is 6.93. The predicted octanol–water partition coefficient (Wildman–Crippen LogP) is 5.58. The number of amides is 1. The van der Waals surface area contributed by atoms with Crippen LogP contribution in [0.15, 0.2) is 36.4 Å². The van der Waals surface area contributed by atoms with Gasteiger partial charge in [0.1, 0.15) is 4.88 Å². The molecular formula is C24H31NO4S. The van der Waals surface area contributed by atoms with Crippen molar-refractivity contribution < 1.29 is 19.8 Å². The summed E-state index contributed by atoms with van der Waals surface area (Å²) in [5.41, 5.74) is 1.81. The highest BCUT2D eigenvalue weighted by Crippen LogP contribution is 2.31. The van der Waals surface area contributed by atoms with Gasteiger partial charge in [0.15, 0.2) is 0 Å². The Kier molecular flexibility index (Phi) is 8.05. The number of aliphatic hydroxyl groups excluding tert-OH is 1. The number of hydrogen-bond acceptors (Lipinski definition) is 4. The highest BCUT2D eigenvalue weighted by Gasteiger charge is 2.31. The van der Waals surface area contributed by atoms with Gasteiger partial charge in [-0.05, 0) is 61.9 Å². The number of thiophene rings is 1. The van der Waals surface area contributed by atoms with Gasteiger partial charge in [-0.2, -0.15) is 0 Å². The number of anilines is 1. The van der Waals surface area contributed by atoms with Gasteiger partial charge in [0, 0.05) is 23.0 Å². The summed E-state index contributed by atoms with van der Waals surface area (Å²) in [7, 11) is 0. The monoisotopic (exact) mass is 429 g/mol. The van der Waals surface area contributed by atoms with Crippen LogP contribution >= 0.6 is 11.3 Å². The van der Waals surface area contributed by atoms with E-state index in [0.717, 1.165) is 67.5 Å². The molecule has 1 amide bonds. The molecule has 2 atom stereocenters. The fraction of sp³-hybridized carbons (Fsp3) is 0.500. The number of hydrogen-bond donors (Lipinski definition) is 2. The standard InChI is InChI=1S/C24H31NO4S/c1-2-3-4-8-21(26)17-9-11-19(12-10-17)25-18(13-16-23(25)27)6-5-7-20-14-15-22(30-20)24(28)29/h9-12,14-15,18,21,26H,2-8,13,16H2,1H3,(H,28,29). The van der Waals surface area contributed by atoms with Crippen molar-refractivity contribution in [1.29, 1.82) is 0 Å². The topological polar surface area (TPSA) is 77.8 Å². The molecule has 2 N–H and O–H groups in total. The second kappa shape index (κ2) is 10.7. The number of aryl methyl sites for hydroxylation is 1. The van der Waals surface area contributed by atoms with E-state index in [1.165, 1.54) is 11.3 Å². The number of rotatable bonds is 11. The van der Waals surface area contributed by atoms with Crippen molar-refractivity contribution in [2.24, 2.45) is 0 Å². The Hall–Kier alpha value is -2.18. The molecule has 2 aromatic rings. The van der Waals surface area contributed by atoms with Crippen molar-refractivity contribution in [3.05, 3.63) is 51.7 Å². The zero-order chi connectivity index (χ0) is 21.5. The summed E-state index contributed by atoms with van der Waals surface area (Å²) in [5, 5.41) is 19.4. The van der Waals surface area contributed by atoms with Crippen molar-refractivity contribution in [2.75, 3.05) is 4.90 Å². The van der Waals surface area contributed by atoms with Crippen molar-refractivity contribution in [3.63, 3.8) is 0 Å². The number of carbonyl (C=O) groups excluding carboxylic acids is 1. The molecule has 1 fully saturated rings. The van der Waals surface area contributed by atoms with Crippen LogP contribution in [0.1, 0.15) is 84.5 Å². The second-order valence-electron chi connectivity index (χ2n) is 8.02. The van der Waals surface area contributed by atoms with E-state index in [1.807, 2.05) is 35.2 Å². The number of nitrogens with zero attached hydrogens (tertiary/aromatic N) is 1. The molecular weight excluding hydrogens is 398 g/mol. The van der Waals surface area contributed by atoms with Crippen LogP contribution in [-0.2, 0) is 11.2 Å². The maximum Gasteiger partial charge on any atom is 0.345 e. The first-order chi connectivity index (χ1) is 14.5. The lowest BCUT2D eigenvalue weighted by molar-refractivity contribution is -0.117. The van der Waals surface area contributed by atoms with Gasteiger partial charge in [0.05, 0.1) is 6.10 Å². The first kappa shape index (κ1) is 22.5. The zero-order valence-electron chi connectivity index (χ0n) is 17.5. The number of unbranched alkanes of at least 4 members (excludes halogenated alkanes) is 2. The number of carboxylic acids is 1. The van der Waals surface area contributed by atoms with Crippen LogP contribution in [0, 0.1) is 0 Å². The highest BCUT2D eigenvalue weighted by molar-refractivity contribution is 7.13. The SMILES string of the molecule is CCCCCC(O)c1ccc(N2C(=O)CCC2CCCc2ccc(C(=O)O)s2)cc1. The van der Waals surface area contributed by atoms with Crippen molar-refractivity contribution in [3.8, 4) is 0 Å². The summed E-state index contributed by atoms with van der Waals surface area (Å²) in [6.07, 6.45) is 7.67. The number of aliphatic hydroxyl groups is 1. The lowest BCUT2D eigenvalue weighted by Gasteiger charge is -2.25. The van der Waals surface area contributed by atoms with Gasteiger partial charge in [-0.3, -0.25) is 4.79 Å². The van der Waals surface area contributed by atoms with Crippen molar-refractivity contribution in [1.82, 2.24) is 0 Å². The molecule has 5 nitrogen and oxygen atoms in total. The minimum atomic E-state index is -0.877. The Bertz CT molecular complexity index is 845. The van der Waals surface area contributed by atoms with Crippen LogP contribution in [0.4, 0.5) is 5.69 Å². The molecule has 0 spiro atoms. The minimum Gasteiger partial charge on any atom is -0.477 e. The fourth-order valence-electron chi connectivity index (χ4n) is 4.12. The van der Waals surface area contributed by atoms with Gasteiger partial charge in [0.2, 0.25) is 5.91 Å². The van der Waals surface area contributed by atoms with E-state index in [9.17, 15) is 14.7 Å². The molecule has 0 bridgehead atoms. The molecule has 1 aliphatic heterocycles. The average molecular weight is 430 g/mol. The molecule has 1 aromatic carbocycles. The third kappa shape index (κ3) is 5.70. The van der Waals surface area contributed by atoms with E-state index < -0.39 is 12.1 Å². The maximum atomic E-state index is 12.5. The van der Waals surface area contributed by atoms with Crippen LogP contribution < -0.4 is 4.90 Å². The number of benzene rings is 1. The van der Waals surface area contributed by atoms with Crippen LogP contribution in [0.5, 0.6) is 0 Å². The lowest BCUT2D eigenvalue weighted by Crippen LogP contribution is -2.32. The maximum absolute atomic E-state index is 12.5. The highest BCUT2D eigenvalue weighted by atomic mass is 32.1. The summed E-state index contributed by atoms with van der Waals surface area (Å²) in [4.78, 5) is 26.9. The Balaban J connectivity index is 1.56. The zero-order valence-corrected chi connectivity index (χ0v) is 18.4. The molecule has 0 radical (unpaired) electrons. The van der Waals surface area contributed by atoms with Crippen molar-refractivity contribution >= 4 is 28.9 Å². The molecule has 1 saturated heterocycles. The molecule has 3 rings (SSSR count). The summed E-state index contributed by atoms with van der Waals surface area (Å²) in [6.45, 7) is 2.15. The minimum absolute atomic E-state index is 0.153. The summed E-state index contributed by atoms with van der Waals surface area (Å²) < 4.78 is 0. The van der Waals surface area contributed by atoms with Gasteiger partial charge in [-0.15, -0.1) is 11.3 Å². The smallest absolute Gasteiger partial charge is 0.345 e. The molecule has 2 unspecified atom stereocenters. The molecule has 2 heterocycles. The Morgan fingerprint density at radius 3 is 2.60 bits per heavy atom. The van der Waals surface area contributed by atoms with Gasteiger partial charge in [-0.1, -0.05) is 38.3 Å². The molecule has 6 heteroatoms. The van der Waals surface area contributed by atoms with E-state index in [1.54, 1.807) is 6.07 Å². The molecule has 1 aliphatic rings. The van der Waals surface area contributed by atoms with Crippen LogP contribution in [-0.4, -0.2) is 28.1 Å². The molecule has 1 aromatic heterocycles. The van der Waals surface area contributed by atoms with Crippen LogP contribution in [0.3, 0.4) is 0 Å². The van der Waals surface area contributed by atoms with Crippen LogP contribution in [0.2, 0.25) is 0 Å². The molecule has 162 valence electrons. The number of carboxylic acid groups (broad SMARTS) is 1. The van der Waals surface area contributed by atoms with E-state index in [2.05, 4.69) is 6.92 Å². The Morgan fingerprint density at radius 1 is 1.17 bits per heavy atom. The summed E-state index contributed by atoms with van der Waals surface area (Å²) >= 11 is 1.33. The van der Waals surface area contributed by atoms with E-state index in [-0.39, 0.29) is 11.9 Å². The van der Waals surface area contributed by atoms with E-state index in [4.69, 9.17) is 5.11 Å². The van der Waals surface area contributed by atoms with Gasteiger partial charge in [0.25, 0.3) is 0 Å². The largest absolute Gasteiger partial charge is 0.477 e. The number of carbonyl (C=O) groups is 2. The molecule has 0 aliphatic carbocycles. The molecule has 0 saturated carbocycles. The quantitative estimate of drug-likeness (QED) is 0.457. The third-order valence-electron chi connectivity index (χ3n) is 5.80. The summed E-state index contributed by atoms with van der Waals surface area (Å²) in [6, 6.07) is 11.5. The van der Waals surface area contributed by atoms with Crippen molar-refractivity contribution in [2.45, 2.75) is 76.9 Å². The fourth-order valence-corrected chi connectivity index (χ4v) is 5.01. The predicted molar refractivity (Wildman–Crippen MR) is 120 cm³/mol. The van der Waals surface area contributed by atoms with E-state index in [0.29, 0.717) is 11.3 Å². The molecule has 30 heavy (non-hydrogen) atoms. The van der Waals surface area contributed by atoms with Gasteiger partial charge >= 0.3 is 5.97 Å². The first-order valence-corrected chi connectivity index (χ1v) is 11.7. The first-order valence-electron chi connectivity index (χ1n) is 10.9. The lowest BCUT2D eigenvalue weighted by atomic mass is 10.0. The number of aromatic carboxylic acids is 1. The van der Waals surface area contributed by atoms with Gasteiger partial charge in [-0.25, -0.2) is 4.79 Å². The van der Waals surface area contributed by atoms with Crippen LogP contribution in [0.25, 0.3) is 0 Å². The Morgan fingerprint density at radius 2 is 1.93 bits per heavy atom. The normalized spacial score (nSPS) is 17.5. The van der Waals surface area contributed by atoms with E-state index >= 15 is 0 Å². The second-order valence-corrected chi connectivity index (χ2v) is 9.19. The average Bonchev–Trinajstić information content (AvgIpc) is 3.35.